The summed E-state index contributed by atoms with van der Waals surface area (Å²) in [5.74, 6) is -0.185. The zero-order valence-electron chi connectivity index (χ0n) is 16.7. The van der Waals surface area contributed by atoms with Crippen LogP contribution < -0.4 is 0 Å². The number of unbranched alkanes of at least 4 members (excludes halogenated alkanes) is 7. The van der Waals surface area contributed by atoms with Crippen LogP contribution in [0.1, 0.15) is 84.5 Å². The zero-order chi connectivity index (χ0) is 19.4. The van der Waals surface area contributed by atoms with E-state index in [1.54, 1.807) is 4.90 Å². The number of β-amino-alcohol motifs (C(OH)–C–C–N with tert-alkyl or cyclic N) is 2. The van der Waals surface area contributed by atoms with E-state index in [1.165, 1.54) is 24.2 Å². The number of aliphatic hydroxyl groups is 2. The van der Waals surface area contributed by atoms with E-state index in [1.807, 2.05) is 0 Å². The molecule has 26 heavy (non-hydrogen) atoms. The highest BCUT2D eigenvalue weighted by Crippen LogP contribution is 2.37. The second-order valence-corrected chi connectivity index (χ2v) is 7.34. The van der Waals surface area contributed by atoms with E-state index in [4.69, 9.17) is 0 Å². The molecule has 0 aromatic carbocycles. The first-order valence-corrected chi connectivity index (χ1v) is 10.4. The van der Waals surface area contributed by atoms with Crippen LogP contribution in [0.4, 0.5) is 4.79 Å². The van der Waals surface area contributed by atoms with Gasteiger partial charge in [-0.2, -0.15) is 0 Å². The Morgan fingerprint density at radius 3 is 1.85 bits per heavy atom. The van der Waals surface area contributed by atoms with Gasteiger partial charge in [-0.3, -0.25) is 9.69 Å². The van der Waals surface area contributed by atoms with E-state index in [2.05, 4.69) is 13.8 Å². The number of hydrogen-bond acceptors (Lipinski definition) is 4. The van der Waals surface area contributed by atoms with Crippen LogP contribution in [0, 0.1) is 0 Å². The Morgan fingerprint density at radius 2 is 1.27 bits per heavy atom. The van der Waals surface area contributed by atoms with Crippen LogP contribution in [-0.4, -0.2) is 63.8 Å². The van der Waals surface area contributed by atoms with E-state index in [0.717, 1.165) is 38.5 Å². The number of nitrogens with zero attached hydrogens (tertiary/aromatic N) is 2. The summed E-state index contributed by atoms with van der Waals surface area (Å²) in [6.45, 7) is 4.13. The predicted molar refractivity (Wildman–Crippen MR) is 103 cm³/mol. The van der Waals surface area contributed by atoms with Crippen molar-refractivity contribution in [2.75, 3.05) is 26.3 Å². The van der Waals surface area contributed by atoms with Crippen LogP contribution >= 0.6 is 0 Å². The molecule has 0 aromatic heterocycles. The van der Waals surface area contributed by atoms with Gasteiger partial charge in [0, 0.05) is 6.54 Å². The molecule has 1 saturated heterocycles. The lowest BCUT2D eigenvalue weighted by molar-refractivity contribution is -0.134. The molecule has 1 rings (SSSR count). The molecule has 1 unspecified atom stereocenters. The summed E-state index contributed by atoms with van der Waals surface area (Å²) < 4.78 is 0. The number of carbonyl (C=O) groups is 2. The van der Waals surface area contributed by atoms with Crippen LogP contribution in [0.15, 0.2) is 0 Å². The minimum atomic E-state index is -0.838. The molecular weight excluding hydrogens is 332 g/mol. The lowest BCUT2D eigenvalue weighted by atomic mass is 9.84. The molecule has 6 heteroatoms. The number of amides is 3. The molecule has 6 nitrogen and oxygen atoms in total. The SMILES string of the molecule is CCCCCCCCC1(CCCCC)C(=O)N(CCO)C(=O)N1CCO. The number of rotatable bonds is 15. The van der Waals surface area contributed by atoms with Crippen LogP contribution in [-0.2, 0) is 4.79 Å². The van der Waals surface area contributed by atoms with Gasteiger partial charge in [0.05, 0.1) is 19.8 Å². The fourth-order valence-corrected chi connectivity index (χ4v) is 3.96. The highest BCUT2D eigenvalue weighted by Gasteiger charge is 2.55. The molecule has 0 radical (unpaired) electrons. The molecule has 0 aliphatic carbocycles. The first kappa shape index (κ1) is 22.9. The zero-order valence-corrected chi connectivity index (χ0v) is 16.7. The molecule has 0 spiro atoms. The van der Waals surface area contributed by atoms with Gasteiger partial charge < -0.3 is 15.1 Å². The predicted octanol–water partition coefficient (Wildman–Crippen LogP) is 3.30. The first-order valence-electron chi connectivity index (χ1n) is 10.4. The summed E-state index contributed by atoms with van der Waals surface area (Å²) in [7, 11) is 0. The maximum atomic E-state index is 13.1. The van der Waals surface area contributed by atoms with Crippen molar-refractivity contribution >= 4 is 11.9 Å². The topological polar surface area (TPSA) is 81.1 Å². The monoisotopic (exact) mass is 370 g/mol. The average molecular weight is 371 g/mol. The van der Waals surface area contributed by atoms with Gasteiger partial charge in [-0.15, -0.1) is 0 Å². The third-order valence-electron chi connectivity index (χ3n) is 5.41. The van der Waals surface area contributed by atoms with Crippen molar-refractivity contribution < 1.29 is 19.8 Å². The molecule has 0 bridgehead atoms. The third-order valence-corrected chi connectivity index (χ3v) is 5.41. The quantitative estimate of drug-likeness (QED) is 0.342. The standard InChI is InChI=1S/C20H38N2O4/c1-3-5-7-8-9-11-13-20(12-10-6-4-2)18(25)21(14-16-23)19(26)22(20)15-17-24/h23-24H,3-17H2,1-2H3. The molecule has 1 aliphatic heterocycles. The van der Waals surface area contributed by atoms with Gasteiger partial charge in [-0.25, -0.2) is 4.79 Å². The fourth-order valence-electron chi connectivity index (χ4n) is 3.96. The van der Waals surface area contributed by atoms with E-state index in [0.29, 0.717) is 12.8 Å². The summed E-state index contributed by atoms with van der Waals surface area (Å²) in [5.41, 5.74) is -0.838. The Kier molecular flexibility index (Phi) is 10.8. The number of imide groups is 1. The molecule has 0 saturated carbocycles. The molecule has 152 valence electrons. The number of urea groups is 1. The Bertz CT molecular complexity index is 430. The molecule has 1 fully saturated rings. The second-order valence-electron chi connectivity index (χ2n) is 7.34. The van der Waals surface area contributed by atoms with Crippen molar-refractivity contribution in [3.8, 4) is 0 Å². The molecule has 2 N–H and O–H groups in total. The summed E-state index contributed by atoms with van der Waals surface area (Å²) in [6.07, 6.45) is 11.0. The molecule has 0 aromatic rings. The van der Waals surface area contributed by atoms with Gasteiger partial charge >= 0.3 is 6.03 Å². The van der Waals surface area contributed by atoms with Crippen LogP contribution in [0.2, 0.25) is 0 Å². The molecule has 3 amide bonds. The van der Waals surface area contributed by atoms with Crippen molar-refractivity contribution in [3.05, 3.63) is 0 Å². The lowest BCUT2D eigenvalue weighted by Crippen LogP contribution is -2.50. The first-order chi connectivity index (χ1) is 12.6. The van der Waals surface area contributed by atoms with Crippen LogP contribution in [0.25, 0.3) is 0 Å². The number of hydrogen-bond donors (Lipinski definition) is 2. The average Bonchev–Trinajstić information content (AvgIpc) is 2.82. The van der Waals surface area contributed by atoms with Crippen molar-refractivity contribution in [3.63, 3.8) is 0 Å². The minimum absolute atomic E-state index is 0.0334. The van der Waals surface area contributed by atoms with Gasteiger partial charge in [0.25, 0.3) is 5.91 Å². The summed E-state index contributed by atoms with van der Waals surface area (Å²) in [6, 6.07) is -0.361. The Morgan fingerprint density at radius 1 is 0.769 bits per heavy atom. The van der Waals surface area contributed by atoms with Crippen molar-refractivity contribution in [2.45, 2.75) is 90.0 Å². The van der Waals surface area contributed by atoms with Crippen molar-refractivity contribution in [1.29, 1.82) is 0 Å². The Hall–Kier alpha value is -1.14. The van der Waals surface area contributed by atoms with Crippen molar-refractivity contribution in [2.24, 2.45) is 0 Å². The van der Waals surface area contributed by atoms with Gasteiger partial charge in [0.2, 0.25) is 0 Å². The third kappa shape index (κ3) is 5.68. The van der Waals surface area contributed by atoms with Gasteiger partial charge in [0.15, 0.2) is 0 Å². The summed E-state index contributed by atoms with van der Waals surface area (Å²) in [5, 5.41) is 18.7. The normalized spacial score (nSPS) is 20.5. The Labute approximate surface area is 158 Å². The number of aliphatic hydroxyl groups excluding tert-OH is 2. The van der Waals surface area contributed by atoms with Gasteiger partial charge in [0.1, 0.15) is 5.54 Å². The lowest BCUT2D eigenvalue weighted by Gasteiger charge is -2.35. The van der Waals surface area contributed by atoms with E-state index in [-0.39, 0.29) is 38.2 Å². The van der Waals surface area contributed by atoms with Gasteiger partial charge in [-0.05, 0) is 12.8 Å². The van der Waals surface area contributed by atoms with Crippen molar-refractivity contribution in [1.82, 2.24) is 9.80 Å². The molecular formula is C20H38N2O4. The highest BCUT2D eigenvalue weighted by atomic mass is 16.3. The Balaban J connectivity index is 2.90. The highest BCUT2D eigenvalue weighted by molar-refractivity contribution is 6.07. The second kappa shape index (κ2) is 12.3. The van der Waals surface area contributed by atoms with Crippen LogP contribution in [0.3, 0.4) is 0 Å². The number of carbonyl (C=O) groups excluding carboxylic acids is 2. The molecule has 1 heterocycles. The molecule has 1 atom stereocenters. The largest absolute Gasteiger partial charge is 0.395 e. The molecule has 1 aliphatic rings. The smallest absolute Gasteiger partial charge is 0.327 e. The van der Waals surface area contributed by atoms with Crippen LogP contribution in [0.5, 0.6) is 0 Å². The van der Waals surface area contributed by atoms with E-state index in [9.17, 15) is 19.8 Å². The maximum absolute atomic E-state index is 13.1. The van der Waals surface area contributed by atoms with E-state index >= 15 is 0 Å². The minimum Gasteiger partial charge on any atom is -0.395 e. The summed E-state index contributed by atoms with van der Waals surface area (Å²) >= 11 is 0. The van der Waals surface area contributed by atoms with E-state index < -0.39 is 5.54 Å². The maximum Gasteiger partial charge on any atom is 0.327 e. The van der Waals surface area contributed by atoms with Gasteiger partial charge in [-0.1, -0.05) is 71.6 Å². The fraction of sp³-hybridized carbons (Fsp3) is 0.900. The summed E-state index contributed by atoms with van der Waals surface area (Å²) in [4.78, 5) is 28.6.